The van der Waals surface area contributed by atoms with Gasteiger partial charge in [-0.3, -0.25) is 14.4 Å². The van der Waals surface area contributed by atoms with Gasteiger partial charge in [-0.15, -0.1) is 0 Å². The lowest BCUT2D eigenvalue weighted by atomic mass is 10.1. The van der Waals surface area contributed by atoms with Gasteiger partial charge in [-0.05, 0) is 24.5 Å². The van der Waals surface area contributed by atoms with Crippen LogP contribution in [0.5, 0.6) is 0 Å². The van der Waals surface area contributed by atoms with Crippen LogP contribution >= 0.6 is 0 Å². The highest BCUT2D eigenvalue weighted by Crippen LogP contribution is 2.18. The highest BCUT2D eigenvalue weighted by molar-refractivity contribution is 5.77. The van der Waals surface area contributed by atoms with Crippen LogP contribution in [0.25, 0.3) is 0 Å². The zero-order chi connectivity index (χ0) is 32.1. The minimum absolute atomic E-state index is 0.132. The Labute approximate surface area is 267 Å². The molecule has 0 rings (SSSR count). The molecule has 3 amide bonds. The molecule has 0 heterocycles. The number of unbranched alkanes of at least 4 members (excludes halogenated alkanes) is 21. The molecule has 0 saturated heterocycles. The van der Waals surface area contributed by atoms with Crippen molar-refractivity contribution in [1.29, 1.82) is 0 Å². The predicted octanol–water partition coefficient (Wildman–Crippen LogP) is 10.0. The van der Waals surface area contributed by atoms with Gasteiger partial charge in [-0.25, -0.2) is 15.0 Å². The molecule has 43 heavy (non-hydrogen) atoms. The van der Waals surface area contributed by atoms with Crippen LogP contribution in [0, 0.1) is 0 Å². The van der Waals surface area contributed by atoms with Gasteiger partial charge in [0.1, 0.15) is 0 Å². The summed E-state index contributed by atoms with van der Waals surface area (Å²) in [5.74, 6) is -0.396. The maximum absolute atomic E-state index is 13.1. The molecule has 7 heteroatoms. The van der Waals surface area contributed by atoms with Gasteiger partial charge in [-0.2, -0.15) is 0 Å². The largest absolute Gasteiger partial charge is 0.274 e. The molecule has 0 aliphatic rings. The summed E-state index contributed by atoms with van der Waals surface area (Å²) < 4.78 is 0. The van der Waals surface area contributed by atoms with Gasteiger partial charge in [0, 0.05) is 40.4 Å². The third-order valence-electron chi connectivity index (χ3n) is 8.41. The van der Waals surface area contributed by atoms with Crippen LogP contribution in [-0.2, 0) is 14.4 Å². The minimum Gasteiger partial charge on any atom is -0.274 e. The second-order valence-electron chi connectivity index (χ2n) is 12.6. The van der Waals surface area contributed by atoms with E-state index in [4.69, 9.17) is 0 Å². The monoisotopic (exact) mass is 609 g/mol. The molecule has 254 valence electrons. The average molecular weight is 609 g/mol. The number of rotatable bonds is 30. The maximum Gasteiger partial charge on any atom is 0.236 e. The highest BCUT2D eigenvalue weighted by atomic mass is 16.2. The van der Waals surface area contributed by atoms with E-state index in [9.17, 15) is 14.4 Å². The Bertz CT molecular complexity index is 597. The van der Waals surface area contributed by atoms with Crippen molar-refractivity contribution in [3.63, 3.8) is 0 Å². The lowest BCUT2D eigenvalue weighted by Crippen LogP contribution is -2.65. The molecular weight excluding hydrogens is 536 g/mol. The summed E-state index contributed by atoms with van der Waals surface area (Å²) in [6.07, 6.45) is 28.2. The number of hydrogen-bond acceptors (Lipinski definition) is 4. The number of carbonyl (C=O) groups excluding carboxylic acids is 3. The first kappa shape index (κ1) is 41.4. The highest BCUT2D eigenvalue weighted by Gasteiger charge is 2.33. The van der Waals surface area contributed by atoms with Crippen LogP contribution < -0.4 is 0 Å². The topological polar surface area (TPSA) is 64.2 Å². The summed E-state index contributed by atoms with van der Waals surface area (Å²) in [6, 6.07) is 0. The quantitative estimate of drug-likeness (QED) is 0.0601. The fourth-order valence-corrected chi connectivity index (χ4v) is 5.70. The number of nitrogens with zero attached hydrogens (tertiary/aromatic N) is 4. The standard InChI is InChI=1S/C36H72N4O3/c1-7-10-13-16-19-22-25-28-31-37(34(4)41)40(38(35(5)42)32-29-26-23-20-17-14-11-8-2)39(36(6)43)33-30-27-24-21-18-15-12-9-3/h7-33H2,1-6H3. The van der Waals surface area contributed by atoms with Gasteiger partial charge < -0.3 is 0 Å². The van der Waals surface area contributed by atoms with Crippen LogP contribution in [0.2, 0.25) is 0 Å². The lowest BCUT2D eigenvalue weighted by molar-refractivity contribution is -0.278. The SMILES string of the molecule is CCCCCCCCCCN(C(C)=O)N(N(CCCCCCCCCC)C(C)=O)N(CCCCCCCCCC)C(C)=O. The first-order valence-corrected chi connectivity index (χ1v) is 18.5. The van der Waals surface area contributed by atoms with Gasteiger partial charge in [0.05, 0.1) is 0 Å². The fourth-order valence-electron chi connectivity index (χ4n) is 5.70. The normalized spacial score (nSPS) is 11.2. The van der Waals surface area contributed by atoms with Crippen molar-refractivity contribution < 1.29 is 14.4 Å². The van der Waals surface area contributed by atoms with Crippen molar-refractivity contribution >= 4 is 17.7 Å². The van der Waals surface area contributed by atoms with E-state index < -0.39 is 0 Å². The Kier molecular flexibility index (Phi) is 28.0. The molecule has 0 bridgehead atoms. The Morgan fingerprint density at radius 3 is 0.698 bits per heavy atom. The predicted molar refractivity (Wildman–Crippen MR) is 182 cm³/mol. The molecule has 0 spiro atoms. The molecule has 0 aromatic heterocycles. The van der Waals surface area contributed by atoms with E-state index in [2.05, 4.69) is 20.8 Å². The Hall–Kier alpha value is -1.63. The molecular formula is C36H72N4O3. The van der Waals surface area contributed by atoms with Crippen molar-refractivity contribution in [3.05, 3.63) is 0 Å². The van der Waals surface area contributed by atoms with Gasteiger partial charge in [0.15, 0.2) is 0 Å². The van der Waals surface area contributed by atoms with Crippen LogP contribution in [-0.4, -0.2) is 57.6 Å². The van der Waals surface area contributed by atoms with Crippen molar-refractivity contribution in [2.75, 3.05) is 19.6 Å². The number of hydrazine groups is 3. The Balaban J connectivity index is 5.46. The summed E-state index contributed by atoms with van der Waals surface area (Å²) in [5, 5.41) is 6.58. The van der Waals surface area contributed by atoms with Crippen LogP contribution in [0.15, 0.2) is 0 Å². The van der Waals surface area contributed by atoms with Crippen LogP contribution in [0.3, 0.4) is 0 Å². The second-order valence-corrected chi connectivity index (χ2v) is 12.6. The van der Waals surface area contributed by atoms with Gasteiger partial charge >= 0.3 is 0 Å². The number of hydrogen-bond donors (Lipinski definition) is 0. The Morgan fingerprint density at radius 2 is 0.512 bits per heavy atom. The zero-order valence-electron chi connectivity index (χ0n) is 29.6. The molecule has 0 saturated carbocycles. The van der Waals surface area contributed by atoms with E-state index >= 15 is 0 Å². The first-order chi connectivity index (χ1) is 20.8. The van der Waals surface area contributed by atoms with Gasteiger partial charge in [0.25, 0.3) is 0 Å². The molecule has 0 atom stereocenters. The summed E-state index contributed by atoms with van der Waals surface area (Å²) in [6.45, 7) is 12.9. The molecule has 0 fully saturated rings. The van der Waals surface area contributed by atoms with Gasteiger partial charge in [0.2, 0.25) is 17.7 Å². The van der Waals surface area contributed by atoms with Crippen molar-refractivity contribution in [2.24, 2.45) is 0 Å². The lowest BCUT2D eigenvalue weighted by Gasteiger charge is -2.46. The van der Waals surface area contributed by atoms with E-state index in [0.29, 0.717) is 19.6 Å². The van der Waals surface area contributed by atoms with Gasteiger partial charge in [-0.1, -0.05) is 156 Å². The molecule has 7 nitrogen and oxygen atoms in total. The summed E-state index contributed by atoms with van der Waals surface area (Å²) in [7, 11) is 0. The van der Waals surface area contributed by atoms with Crippen LogP contribution in [0.4, 0.5) is 0 Å². The molecule has 0 radical (unpaired) electrons. The summed E-state index contributed by atoms with van der Waals surface area (Å²) >= 11 is 0. The second kappa shape index (κ2) is 29.1. The van der Waals surface area contributed by atoms with E-state index in [1.54, 1.807) is 41.0 Å². The third-order valence-corrected chi connectivity index (χ3v) is 8.41. The molecule has 0 aromatic carbocycles. The maximum atomic E-state index is 13.1. The summed E-state index contributed by atoms with van der Waals surface area (Å²) in [4.78, 5) is 39.3. The minimum atomic E-state index is -0.132. The molecule has 0 aliphatic carbocycles. The van der Waals surface area contributed by atoms with E-state index in [1.807, 2.05) is 0 Å². The van der Waals surface area contributed by atoms with Crippen molar-refractivity contribution in [1.82, 2.24) is 20.3 Å². The fraction of sp³-hybridized carbons (Fsp3) is 0.917. The first-order valence-electron chi connectivity index (χ1n) is 18.5. The van der Waals surface area contributed by atoms with E-state index in [1.165, 1.54) is 96.3 Å². The number of amides is 3. The van der Waals surface area contributed by atoms with Crippen molar-refractivity contribution in [2.45, 2.75) is 196 Å². The summed E-state index contributed by atoms with van der Waals surface area (Å²) in [5.41, 5.74) is 0. The van der Waals surface area contributed by atoms with E-state index in [0.717, 1.165) is 57.8 Å². The molecule has 0 N–H and O–H groups in total. The molecule has 0 unspecified atom stereocenters. The third kappa shape index (κ3) is 21.7. The van der Waals surface area contributed by atoms with Crippen LogP contribution in [0.1, 0.15) is 196 Å². The Morgan fingerprint density at radius 1 is 0.326 bits per heavy atom. The molecule has 0 aromatic rings. The van der Waals surface area contributed by atoms with E-state index in [-0.39, 0.29) is 17.7 Å². The van der Waals surface area contributed by atoms with Crippen molar-refractivity contribution in [3.8, 4) is 0 Å². The smallest absolute Gasteiger partial charge is 0.236 e. The zero-order valence-corrected chi connectivity index (χ0v) is 29.6. The average Bonchev–Trinajstić information content (AvgIpc) is 2.97. The molecule has 0 aliphatic heterocycles. The number of carbonyl (C=O) groups is 3.